The summed E-state index contributed by atoms with van der Waals surface area (Å²) in [6.07, 6.45) is 2.55. The normalized spacial score (nSPS) is 10.8. The van der Waals surface area contributed by atoms with Gasteiger partial charge in [0.15, 0.2) is 5.82 Å². The van der Waals surface area contributed by atoms with E-state index in [4.69, 9.17) is 10.3 Å². The van der Waals surface area contributed by atoms with Crippen LogP contribution in [-0.2, 0) is 13.0 Å². The first-order chi connectivity index (χ1) is 9.85. The predicted octanol–water partition coefficient (Wildman–Crippen LogP) is 0.878. The minimum absolute atomic E-state index is 0.425. The first-order valence-corrected chi connectivity index (χ1v) is 6.32. The average Bonchev–Trinajstić information content (AvgIpc) is 3.11. The highest BCUT2D eigenvalue weighted by atomic mass is 16.5. The average molecular weight is 270 g/mol. The van der Waals surface area contributed by atoms with E-state index >= 15 is 0 Å². The molecule has 0 aliphatic heterocycles. The minimum atomic E-state index is 0.425. The van der Waals surface area contributed by atoms with Crippen LogP contribution in [-0.4, -0.2) is 31.7 Å². The van der Waals surface area contributed by atoms with Gasteiger partial charge in [0.05, 0.1) is 5.69 Å². The van der Waals surface area contributed by atoms with E-state index in [1.807, 2.05) is 36.5 Å². The molecule has 0 fully saturated rings. The summed E-state index contributed by atoms with van der Waals surface area (Å²) in [6, 6.07) is 9.64. The number of nitrogens with two attached hydrogens (primary N) is 1. The van der Waals surface area contributed by atoms with Crippen LogP contribution in [0.4, 0.5) is 0 Å². The zero-order chi connectivity index (χ0) is 13.8. The lowest BCUT2D eigenvalue weighted by molar-refractivity contribution is 0.418. The molecule has 0 aliphatic carbocycles. The molecule has 0 aliphatic rings. The molecule has 0 atom stereocenters. The van der Waals surface area contributed by atoms with Gasteiger partial charge in [-0.15, -0.1) is 5.10 Å². The molecular weight excluding hydrogens is 256 g/mol. The number of hydrogen-bond donors (Lipinski definition) is 1. The Morgan fingerprint density at radius 3 is 2.85 bits per heavy atom. The number of nitrogens with zero attached hydrogens (tertiary/aromatic N) is 5. The van der Waals surface area contributed by atoms with Crippen molar-refractivity contribution in [3.8, 4) is 11.5 Å². The molecule has 7 nitrogen and oxygen atoms in total. The van der Waals surface area contributed by atoms with Crippen molar-refractivity contribution in [2.24, 2.45) is 5.73 Å². The lowest BCUT2D eigenvalue weighted by Crippen LogP contribution is -2.03. The van der Waals surface area contributed by atoms with Crippen molar-refractivity contribution < 1.29 is 4.52 Å². The van der Waals surface area contributed by atoms with Gasteiger partial charge >= 0.3 is 0 Å². The molecule has 2 aromatic heterocycles. The topological polar surface area (TPSA) is 95.7 Å². The van der Waals surface area contributed by atoms with E-state index in [1.54, 1.807) is 4.68 Å². The van der Waals surface area contributed by atoms with E-state index in [1.165, 1.54) is 0 Å². The van der Waals surface area contributed by atoms with Crippen molar-refractivity contribution in [3.05, 3.63) is 48.0 Å². The van der Waals surface area contributed by atoms with Gasteiger partial charge in [0.25, 0.3) is 5.89 Å². The van der Waals surface area contributed by atoms with Crippen LogP contribution in [0, 0.1) is 0 Å². The second kappa shape index (κ2) is 5.62. The van der Waals surface area contributed by atoms with Crippen molar-refractivity contribution in [1.29, 1.82) is 0 Å². The Hall–Kier alpha value is -2.54. The number of hydrogen-bond acceptors (Lipinski definition) is 6. The Morgan fingerprint density at radius 2 is 2.05 bits per heavy atom. The van der Waals surface area contributed by atoms with Crippen molar-refractivity contribution >= 4 is 0 Å². The van der Waals surface area contributed by atoms with Crippen LogP contribution in [0.2, 0.25) is 0 Å². The van der Waals surface area contributed by atoms with E-state index in [2.05, 4.69) is 20.5 Å². The molecule has 2 heterocycles. The molecule has 0 amide bonds. The largest absolute Gasteiger partial charge is 0.334 e. The SMILES string of the molecule is NCCc1cn(Cc2noc(-c3ccccc3)n2)nn1. The van der Waals surface area contributed by atoms with Gasteiger partial charge in [0.1, 0.15) is 6.54 Å². The van der Waals surface area contributed by atoms with E-state index in [-0.39, 0.29) is 0 Å². The first-order valence-electron chi connectivity index (χ1n) is 6.32. The summed E-state index contributed by atoms with van der Waals surface area (Å²) in [5.74, 6) is 1.07. The number of rotatable bonds is 5. The predicted molar refractivity (Wildman–Crippen MR) is 71.6 cm³/mol. The molecule has 102 valence electrons. The highest BCUT2D eigenvalue weighted by Gasteiger charge is 2.09. The lowest BCUT2D eigenvalue weighted by Gasteiger charge is -1.93. The molecule has 1 aromatic carbocycles. The Balaban J connectivity index is 1.73. The third-order valence-electron chi connectivity index (χ3n) is 2.78. The standard InChI is InChI=1S/C13H14N6O/c14-7-6-11-8-19(18-16-11)9-12-15-13(20-17-12)10-4-2-1-3-5-10/h1-5,8H,6-7,9,14H2. The number of benzene rings is 1. The maximum Gasteiger partial charge on any atom is 0.257 e. The smallest absolute Gasteiger partial charge is 0.257 e. The number of aromatic nitrogens is 5. The van der Waals surface area contributed by atoms with E-state index in [9.17, 15) is 0 Å². The van der Waals surface area contributed by atoms with Crippen LogP contribution < -0.4 is 5.73 Å². The summed E-state index contributed by atoms with van der Waals surface area (Å²) in [4.78, 5) is 4.34. The zero-order valence-corrected chi connectivity index (χ0v) is 10.8. The molecule has 0 unspecified atom stereocenters. The van der Waals surface area contributed by atoms with E-state index in [0.29, 0.717) is 31.2 Å². The fourth-order valence-electron chi connectivity index (χ4n) is 1.84. The van der Waals surface area contributed by atoms with Crippen molar-refractivity contribution in [2.45, 2.75) is 13.0 Å². The molecule has 0 spiro atoms. The minimum Gasteiger partial charge on any atom is -0.334 e. The summed E-state index contributed by atoms with van der Waals surface area (Å²) in [7, 11) is 0. The molecular formula is C13H14N6O. The van der Waals surface area contributed by atoms with Gasteiger partial charge in [0, 0.05) is 18.2 Å². The molecule has 3 rings (SSSR count). The molecule has 7 heteroatoms. The van der Waals surface area contributed by atoms with Gasteiger partial charge in [-0.1, -0.05) is 28.6 Å². The van der Waals surface area contributed by atoms with Crippen LogP contribution in [0.15, 0.2) is 41.1 Å². The molecule has 2 N–H and O–H groups in total. The van der Waals surface area contributed by atoms with E-state index < -0.39 is 0 Å². The third-order valence-corrected chi connectivity index (χ3v) is 2.78. The highest BCUT2D eigenvalue weighted by molar-refractivity contribution is 5.51. The van der Waals surface area contributed by atoms with Gasteiger partial charge in [0.2, 0.25) is 0 Å². The Kier molecular flexibility index (Phi) is 3.51. The maximum atomic E-state index is 5.47. The Morgan fingerprint density at radius 1 is 1.20 bits per heavy atom. The van der Waals surface area contributed by atoms with Crippen LogP contribution in [0.25, 0.3) is 11.5 Å². The molecule has 0 radical (unpaired) electrons. The molecule has 0 saturated carbocycles. The van der Waals surface area contributed by atoms with Crippen molar-refractivity contribution in [1.82, 2.24) is 25.1 Å². The van der Waals surface area contributed by atoms with Gasteiger partial charge in [-0.05, 0) is 18.7 Å². The summed E-state index contributed by atoms with van der Waals surface area (Å²) in [5.41, 5.74) is 7.23. The van der Waals surface area contributed by atoms with Crippen LogP contribution in [0.5, 0.6) is 0 Å². The van der Waals surface area contributed by atoms with Crippen LogP contribution >= 0.6 is 0 Å². The van der Waals surface area contributed by atoms with Gasteiger partial charge < -0.3 is 10.3 Å². The monoisotopic (exact) mass is 270 g/mol. The van der Waals surface area contributed by atoms with Gasteiger partial charge in [-0.2, -0.15) is 4.98 Å². The second-order valence-electron chi connectivity index (χ2n) is 4.33. The maximum absolute atomic E-state index is 5.47. The lowest BCUT2D eigenvalue weighted by atomic mass is 10.2. The molecule has 0 bridgehead atoms. The summed E-state index contributed by atoms with van der Waals surface area (Å²) in [5, 5.41) is 12.0. The summed E-state index contributed by atoms with van der Waals surface area (Å²) < 4.78 is 6.91. The van der Waals surface area contributed by atoms with Gasteiger partial charge in [-0.25, -0.2) is 4.68 Å². The van der Waals surface area contributed by atoms with E-state index in [0.717, 1.165) is 11.3 Å². The highest BCUT2D eigenvalue weighted by Crippen LogP contribution is 2.16. The van der Waals surface area contributed by atoms with Crippen LogP contribution in [0.1, 0.15) is 11.5 Å². The molecule has 3 aromatic rings. The fraction of sp³-hybridized carbons (Fsp3) is 0.231. The first kappa shape index (κ1) is 12.5. The second-order valence-corrected chi connectivity index (χ2v) is 4.33. The van der Waals surface area contributed by atoms with Crippen molar-refractivity contribution in [3.63, 3.8) is 0 Å². The molecule has 20 heavy (non-hydrogen) atoms. The quantitative estimate of drug-likeness (QED) is 0.739. The van der Waals surface area contributed by atoms with Gasteiger partial charge in [-0.3, -0.25) is 0 Å². The summed E-state index contributed by atoms with van der Waals surface area (Å²) in [6.45, 7) is 0.979. The zero-order valence-electron chi connectivity index (χ0n) is 10.8. The Labute approximate surface area is 115 Å². The van der Waals surface area contributed by atoms with Crippen molar-refractivity contribution in [2.75, 3.05) is 6.54 Å². The fourth-order valence-corrected chi connectivity index (χ4v) is 1.84. The van der Waals surface area contributed by atoms with Crippen LogP contribution in [0.3, 0.4) is 0 Å². The Bertz CT molecular complexity index is 675. The molecule has 0 saturated heterocycles. The summed E-state index contributed by atoms with van der Waals surface area (Å²) >= 11 is 0. The third kappa shape index (κ3) is 2.72.